The molecule has 1 saturated heterocycles. The summed E-state index contributed by atoms with van der Waals surface area (Å²) in [5, 5.41) is 0. The maximum absolute atomic E-state index is 12.8. The number of carbonyl (C=O) groups excluding carboxylic acids is 2. The number of nitrogens with zero attached hydrogens (tertiary/aromatic N) is 3. The van der Waals surface area contributed by atoms with Crippen LogP contribution in [-0.2, 0) is 9.59 Å². The van der Waals surface area contributed by atoms with Crippen LogP contribution in [-0.4, -0.2) is 67.0 Å². The van der Waals surface area contributed by atoms with Gasteiger partial charge in [-0.05, 0) is 24.6 Å². The van der Waals surface area contributed by atoms with Gasteiger partial charge in [0.05, 0.1) is 5.69 Å². The number of rotatable bonds is 6. The molecule has 162 valence electrons. The molecule has 31 heavy (non-hydrogen) atoms. The summed E-state index contributed by atoms with van der Waals surface area (Å²) in [5.41, 5.74) is 1.94. The van der Waals surface area contributed by atoms with Crippen LogP contribution < -0.4 is 9.64 Å². The summed E-state index contributed by atoms with van der Waals surface area (Å²) >= 11 is 0. The van der Waals surface area contributed by atoms with Crippen LogP contribution in [0.4, 0.5) is 5.69 Å². The van der Waals surface area contributed by atoms with Crippen molar-refractivity contribution in [3.63, 3.8) is 0 Å². The van der Waals surface area contributed by atoms with Crippen molar-refractivity contribution in [3.05, 3.63) is 66.2 Å². The van der Waals surface area contributed by atoms with E-state index >= 15 is 0 Å². The van der Waals surface area contributed by atoms with Gasteiger partial charge in [-0.3, -0.25) is 14.5 Å². The first-order chi connectivity index (χ1) is 15.1. The first kappa shape index (κ1) is 21.1. The zero-order valence-electron chi connectivity index (χ0n) is 17.9. The monoisotopic (exact) mass is 419 g/mol. The van der Waals surface area contributed by atoms with Gasteiger partial charge >= 0.3 is 0 Å². The van der Waals surface area contributed by atoms with Crippen molar-refractivity contribution in [1.82, 2.24) is 9.80 Å². The van der Waals surface area contributed by atoms with E-state index in [9.17, 15) is 9.59 Å². The molecule has 6 nitrogen and oxygen atoms in total. The van der Waals surface area contributed by atoms with E-state index in [-0.39, 0.29) is 11.8 Å². The molecule has 6 heteroatoms. The maximum atomic E-state index is 12.8. The van der Waals surface area contributed by atoms with E-state index in [4.69, 9.17) is 4.74 Å². The second kappa shape index (κ2) is 9.79. The third kappa shape index (κ3) is 5.14. The van der Waals surface area contributed by atoms with Crippen molar-refractivity contribution in [2.24, 2.45) is 0 Å². The van der Waals surface area contributed by atoms with E-state index in [0.29, 0.717) is 18.7 Å². The van der Waals surface area contributed by atoms with Gasteiger partial charge in [0, 0.05) is 45.7 Å². The van der Waals surface area contributed by atoms with E-state index < -0.39 is 6.10 Å². The Balaban J connectivity index is 1.25. The Morgan fingerprint density at radius 1 is 1.03 bits per heavy atom. The summed E-state index contributed by atoms with van der Waals surface area (Å²) in [6.45, 7) is 6.18. The number of benzene rings is 2. The molecule has 1 fully saturated rings. The van der Waals surface area contributed by atoms with Crippen molar-refractivity contribution in [2.75, 3.05) is 44.2 Å². The van der Waals surface area contributed by atoms with E-state index in [1.807, 2.05) is 47.4 Å². The van der Waals surface area contributed by atoms with Crippen LogP contribution in [0.15, 0.2) is 60.7 Å². The number of anilines is 1. The van der Waals surface area contributed by atoms with Gasteiger partial charge < -0.3 is 14.5 Å². The number of amides is 2. The van der Waals surface area contributed by atoms with Crippen molar-refractivity contribution in [1.29, 1.82) is 0 Å². The molecule has 2 aromatic carbocycles. The zero-order chi connectivity index (χ0) is 21.6. The van der Waals surface area contributed by atoms with Gasteiger partial charge in [0.2, 0.25) is 5.91 Å². The predicted octanol–water partition coefficient (Wildman–Crippen LogP) is 3.05. The molecule has 0 saturated carbocycles. The fourth-order valence-corrected chi connectivity index (χ4v) is 4.04. The molecular weight excluding hydrogens is 390 g/mol. The molecule has 0 aromatic heterocycles. The van der Waals surface area contributed by atoms with Gasteiger partial charge in [-0.25, -0.2) is 0 Å². The Morgan fingerprint density at radius 3 is 2.52 bits per heavy atom. The Kier molecular flexibility index (Phi) is 6.67. The minimum atomic E-state index is -0.530. The molecular formula is C25H29N3O3. The van der Waals surface area contributed by atoms with Crippen molar-refractivity contribution in [2.45, 2.75) is 19.4 Å². The van der Waals surface area contributed by atoms with Crippen LogP contribution in [0.2, 0.25) is 0 Å². The Morgan fingerprint density at radius 2 is 1.74 bits per heavy atom. The first-order valence-corrected chi connectivity index (χ1v) is 10.9. The lowest BCUT2D eigenvalue weighted by molar-refractivity contribution is -0.132. The van der Waals surface area contributed by atoms with Crippen LogP contribution in [0.3, 0.4) is 0 Å². The highest BCUT2D eigenvalue weighted by atomic mass is 16.5. The lowest BCUT2D eigenvalue weighted by Crippen LogP contribution is -2.50. The van der Waals surface area contributed by atoms with Crippen LogP contribution in [0, 0.1) is 0 Å². The molecule has 2 heterocycles. The quantitative estimate of drug-likeness (QED) is 0.722. The van der Waals surface area contributed by atoms with Crippen molar-refractivity contribution in [3.8, 4) is 5.75 Å². The number of piperazine rings is 1. The van der Waals surface area contributed by atoms with Crippen LogP contribution >= 0.6 is 0 Å². The third-order valence-electron chi connectivity index (χ3n) is 5.82. The number of para-hydroxylation sites is 2. The van der Waals surface area contributed by atoms with Gasteiger partial charge in [-0.15, -0.1) is 0 Å². The summed E-state index contributed by atoms with van der Waals surface area (Å²) in [7, 11) is 0. The summed E-state index contributed by atoms with van der Waals surface area (Å²) in [6, 6.07) is 17.8. The van der Waals surface area contributed by atoms with Gasteiger partial charge in [0.15, 0.2) is 6.10 Å². The third-order valence-corrected chi connectivity index (χ3v) is 5.82. The molecule has 0 N–H and O–H groups in total. The Hall–Kier alpha value is -3.12. The molecule has 0 bridgehead atoms. The number of hydrogen-bond acceptors (Lipinski definition) is 4. The van der Waals surface area contributed by atoms with Gasteiger partial charge in [0.1, 0.15) is 5.75 Å². The second-order valence-electron chi connectivity index (χ2n) is 7.96. The fraction of sp³-hybridized carbons (Fsp3) is 0.360. The number of ether oxygens (including phenoxy) is 1. The average Bonchev–Trinajstić information content (AvgIpc) is 2.80. The van der Waals surface area contributed by atoms with Gasteiger partial charge in [-0.2, -0.15) is 0 Å². The molecule has 2 amide bonds. The van der Waals surface area contributed by atoms with Crippen LogP contribution in [0.5, 0.6) is 5.75 Å². The smallest absolute Gasteiger partial charge is 0.267 e. The standard InChI is InChI=1S/C25H29N3O3/c1-20-25(30)28(22-11-5-6-12-23(22)31-20)15-13-24(29)27-18-16-26(17-19-27)14-7-10-21-8-3-2-4-9-21/h2-12,20H,13-19H2,1H3/b10-7+. The molecule has 1 unspecified atom stereocenters. The minimum Gasteiger partial charge on any atom is -0.479 e. The highest BCUT2D eigenvalue weighted by molar-refractivity contribution is 6.00. The SMILES string of the molecule is CC1Oc2ccccc2N(CCC(=O)N2CCN(C/C=C/c3ccccc3)CC2)C1=O. The number of carbonyl (C=O) groups is 2. The van der Waals surface area contributed by atoms with Crippen LogP contribution in [0.1, 0.15) is 18.9 Å². The zero-order valence-corrected chi connectivity index (χ0v) is 17.9. The Bertz CT molecular complexity index is 936. The number of fused-ring (bicyclic) bond motifs is 1. The minimum absolute atomic E-state index is 0.0958. The van der Waals surface area contributed by atoms with E-state index in [0.717, 1.165) is 38.4 Å². The normalized spacial score (nSPS) is 19.4. The summed E-state index contributed by atoms with van der Waals surface area (Å²) in [5.74, 6) is 0.699. The first-order valence-electron chi connectivity index (χ1n) is 10.9. The lowest BCUT2D eigenvalue weighted by atomic mass is 10.1. The highest BCUT2D eigenvalue weighted by Crippen LogP contribution is 2.33. The molecule has 0 radical (unpaired) electrons. The molecule has 4 rings (SSSR count). The van der Waals surface area contributed by atoms with E-state index in [1.165, 1.54) is 5.56 Å². The summed E-state index contributed by atoms with van der Waals surface area (Å²) < 4.78 is 5.67. The van der Waals surface area contributed by atoms with Gasteiger partial charge in [0.25, 0.3) is 5.91 Å². The molecule has 1 atom stereocenters. The average molecular weight is 420 g/mol. The molecule has 0 aliphatic carbocycles. The largest absolute Gasteiger partial charge is 0.479 e. The molecule has 2 aromatic rings. The number of hydrogen-bond donors (Lipinski definition) is 0. The maximum Gasteiger partial charge on any atom is 0.267 e. The lowest BCUT2D eigenvalue weighted by Gasteiger charge is -2.36. The molecule has 2 aliphatic rings. The highest BCUT2D eigenvalue weighted by Gasteiger charge is 2.32. The fourth-order valence-electron chi connectivity index (χ4n) is 4.04. The van der Waals surface area contributed by atoms with Crippen LogP contribution in [0.25, 0.3) is 6.08 Å². The van der Waals surface area contributed by atoms with Crippen molar-refractivity contribution >= 4 is 23.6 Å². The second-order valence-corrected chi connectivity index (χ2v) is 7.96. The van der Waals surface area contributed by atoms with Gasteiger partial charge in [-0.1, -0.05) is 54.6 Å². The Labute approximate surface area is 183 Å². The summed E-state index contributed by atoms with van der Waals surface area (Å²) in [4.78, 5) is 31.3. The molecule has 2 aliphatic heterocycles. The van der Waals surface area contributed by atoms with E-state index in [2.05, 4.69) is 29.2 Å². The predicted molar refractivity (Wildman–Crippen MR) is 122 cm³/mol. The molecule has 0 spiro atoms. The topological polar surface area (TPSA) is 53.1 Å². The van der Waals surface area contributed by atoms with Crippen molar-refractivity contribution < 1.29 is 14.3 Å². The van der Waals surface area contributed by atoms with E-state index in [1.54, 1.807) is 11.8 Å². The summed E-state index contributed by atoms with van der Waals surface area (Å²) in [6.07, 6.45) is 4.10.